The van der Waals surface area contributed by atoms with Gasteiger partial charge >= 0.3 is 0 Å². The quantitative estimate of drug-likeness (QED) is 0.720. The molecule has 0 saturated heterocycles. The van der Waals surface area contributed by atoms with E-state index in [2.05, 4.69) is 10.1 Å². The van der Waals surface area contributed by atoms with E-state index in [-0.39, 0.29) is 5.91 Å². The third kappa shape index (κ3) is 1.49. The monoisotopic (exact) mass is 190 g/mol. The molecule has 0 radical (unpaired) electrons. The zero-order valence-electron chi connectivity index (χ0n) is 7.55. The van der Waals surface area contributed by atoms with E-state index in [1.165, 1.54) is 5.01 Å². The van der Waals surface area contributed by atoms with Crippen molar-refractivity contribution in [2.45, 2.75) is 6.42 Å². The molecule has 2 heterocycles. The average Bonchev–Trinajstić information content (AvgIpc) is 2.61. The van der Waals surface area contributed by atoms with Crippen LogP contribution in [0.1, 0.15) is 6.42 Å². The van der Waals surface area contributed by atoms with Crippen LogP contribution in [0.2, 0.25) is 0 Å². The van der Waals surface area contributed by atoms with Crippen LogP contribution in [0, 0.1) is 0 Å². The van der Waals surface area contributed by atoms with Crippen molar-refractivity contribution in [2.24, 2.45) is 10.8 Å². The summed E-state index contributed by atoms with van der Waals surface area (Å²) in [6.07, 6.45) is 3.57. The first-order valence-electron chi connectivity index (χ1n) is 4.30. The number of hydrogen-bond donors (Lipinski definition) is 1. The van der Waals surface area contributed by atoms with Gasteiger partial charge in [-0.3, -0.25) is 9.78 Å². The summed E-state index contributed by atoms with van der Waals surface area (Å²) in [5.74, 6) is -0.0448. The number of carbonyl (C=O) groups excluding carboxylic acids is 1. The zero-order chi connectivity index (χ0) is 9.97. The Labute approximate surface area is 81.2 Å². The smallest absolute Gasteiger partial charge is 0.253 e. The summed E-state index contributed by atoms with van der Waals surface area (Å²) in [6, 6.07) is 3.47. The van der Waals surface area contributed by atoms with E-state index in [9.17, 15) is 4.79 Å². The summed E-state index contributed by atoms with van der Waals surface area (Å²) in [5, 5.41) is 5.47. The molecule has 72 valence electrons. The summed E-state index contributed by atoms with van der Waals surface area (Å²) in [7, 11) is 0. The summed E-state index contributed by atoms with van der Waals surface area (Å²) < 4.78 is 0. The van der Waals surface area contributed by atoms with Gasteiger partial charge in [-0.05, 0) is 12.1 Å². The molecule has 2 rings (SSSR count). The van der Waals surface area contributed by atoms with Crippen molar-refractivity contribution in [2.75, 3.05) is 11.6 Å². The highest BCUT2D eigenvalue weighted by molar-refractivity contribution is 6.13. The van der Waals surface area contributed by atoms with Crippen molar-refractivity contribution in [3.05, 3.63) is 24.5 Å². The van der Waals surface area contributed by atoms with Gasteiger partial charge in [0, 0.05) is 18.9 Å². The Kier molecular flexibility index (Phi) is 2.24. The van der Waals surface area contributed by atoms with E-state index >= 15 is 0 Å². The number of carbonyl (C=O) groups is 1. The first kappa shape index (κ1) is 8.83. The highest BCUT2D eigenvalue weighted by atomic mass is 16.2. The van der Waals surface area contributed by atoms with Crippen LogP contribution in [-0.4, -0.2) is 23.1 Å². The van der Waals surface area contributed by atoms with Gasteiger partial charge in [0.1, 0.15) is 0 Å². The van der Waals surface area contributed by atoms with Gasteiger partial charge in [0.25, 0.3) is 5.91 Å². The zero-order valence-corrected chi connectivity index (χ0v) is 7.55. The Morgan fingerprint density at radius 1 is 1.43 bits per heavy atom. The molecule has 1 aromatic heterocycles. The van der Waals surface area contributed by atoms with Crippen molar-refractivity contribution in [1.29, 1.82) is 0 Å². The molecule has 14 heavy (non-hydrogen) atoms. The van der Waals surface area contributed by atoms with Gasteiger partial charge in [-0.15, -0.1) is 0 Å². The highest BCUT2D eigenvalue weighted by Crippen LogP contribution is 2.18. The maximum absolute atomic E-state index is 11.5. The normalized spacial score (nSPS) is 15.9. The number of rotatable bonds is 2. The number of amides is 1. The second-order valence-corrected chi connectivity index (χ2v) is 2.96. The van der Waals surface area contributed by atoms with E-state index in [1.54, 1.807) is 24.5 Å². The lowest BCUT2D eigenvalue weighted by atomic mass is 10.3. The predicted octanol–water partition coefficient (Wildman–Crippen LogP) is 0.133. The Hall–Kier alpha value is -1.75. The molecule has 5 nitrogen and oxygen atoms in total. The number of hydrazone groups is 1. The number of nitrogens with two attached hydrogens (primary N) is 1. The molecule has 1 aromatic rings. The van der Waals surface area contributed by atoms with Crippen molar-refractivity contribution >= 4 is 17.3 Å². The van der Waals surface area contributed by atoms with Crippen LogP contribution >= 0.6 is 0 Å². The van der Waals surface area contributed by atoms with Crippen LogP contribution < -0.4 is 10.7 Å². The third-order valence-electron chi connectivity index (χ3n) is 1.98. The summed E-state index contributed by atoms with van der Waals surface area (Å²) in [5.41, 5.74) is 6.86. The van der Waals surface area contributed by atoms with E-state index in [4.69, 9.17) is 5.73 Å². The molecule has 1 amide bonds. The number of aromatic nitrogens is 1. The molecule has 5 heteroatoms. The average molecular weight is 190 g/mol. The molecule has 2 N–H and O–H groups in total. The summed E-state index contributed by atoms with van der Waals surface area (Å²) >= 11 is 0. The van der Waals surface area contributed by atoms with Crippen molar-refractivity contribution in [1.82, 2.24) is 4.98 Å². The van der Waals surface area contributed by atoms with Crippen molar-refractivity contribution in [3.8, 4) is 0 Å². The van der Waals surface area contributed by atoms with Gasteiger partial charge in [-0.2, -0.15) is 5.10 Å². The number of hydrogen-bond acceptors (Lipinski definition) is 4. The SMILES string of the molecule is NCC1=NN(c2ccncc2)C(=O)C1. The molecule has 0 fully saturated rings. The summed E-state index contributed by atoms with van der Waals surface area (Å²) in [4.78, 5) is 15.3. The molecule has 1 aliphatic heterocycles. The highest BCUT2D eigenvalue weighted by Gasteiger charge is 2.23. The molecule has 0 unspecified atom stereocenters. The molecule has 0 saturated carbocycles. The van der Waals surface area contributed by atoms with Crippen molar-refractivity contribution in [3.63, 3.8) is 0 Å². The van der Waals surface area contributed by atoms with Crippen LogP contribution in [0.25, 0.3) is 0 Å². The van der Waals surface area contributed by atoms with Crippen LogP contribution in [0.3, 0.4) is 0 Å². The molecule has 0 spiro atoms. The van der Waals surface area contributed by atoms with E-state index in [1.807, 2.05) is 0 Å². The lowest BCUT2D eigenvalue weighted by Gasteiger charge is -2.10. The van der Waals surface area contributed by atoms with Gasteiger partial charge < -0.3 is 5.73 Å². The Bertz CT molecular complexity index is 374. The standard InChI is InChI=1S/C9H10N4O/c10-6-7-5-9(14)13(12-7)8-1-3-11-4-2-8/h1-4H,5-6,10H2. The lowest BCUT2D eigenvalue weighted by Crippen LogP contribution is -2.19. The second-order valence-electron chi connectivity index (χ2n) is 2.96. The van der Waals surface area contributed by atoms with E-state index in [0.29, 0.717) is 18.7 Å². The Morgan fingerprint density at radius 2 is 2.14 bits per heavy atom. The molecule has 0 aliphatic carbocycles. The maximum Gasteiger partial charge on any atom is 0.253 e. The molecule has 0 atom stereocenters. The first-order chi connectivity index (χ1) is 6.81. The van der Waals surface area contributed by atoms with E-state index in [0.717, 1.165) is 5.69 Å². The number of pyridine rings is 1. The number of nitrogens with zero attached hydrogens (tertiary/aromatic N) is 3. The second kappa shape index (κ2) is 3.55. The topological polar surface area (TPSA) is 71.6 Å². The summed E-state index contributed by atoms with van der Waals surface area (Å²) in [6.45, 7) is 0.327. The van der Waals surface area contributed by atoms with Gasteiger partial charge in [-0.25, -0.2) is 5.01 Å². The minimum Gasteiger partial charge on any atom is -0.325 e. The Morgan fingerprint density at radius 3 is 2.71 bits per heavy atom. The van der Waals surface area contributed by atoms with Crippen LogP contribution in [-0.2, 0) is 4.79 Å². The molecular formula is C9H10N4O. The molecular weight excluding hydrogens is 180 g/mol. The fraction of sp³-hybridized carbons (Fsp3) is 0.222. The van der Waals surface area contributed by atoms with Crippen LogP contribution in [0.4, 0.5) is 5.69 Å². The van der Waals surface area contributed by atoms with E-state index < -0.39 is 0 Å². The lowest BCUT2D eigenvalue weighted by molar-refractivity contribution is -0.116. The number of anilines is 1. The maximum atomic E-state index is 11.5. The van der Waals surface area contributed by atoms with Gasteiger partial charge in [0.15, 0.2) is 0 Å². The largest absolute Gasteiger partial charge is 0.325 e. The third-order valence-corrected chi connectivity index (χ3v) is 1.98. The molecule has 0 aromatic carbocycles. The molecule has 0 bridgehead atoms. The minimum atomic E-state index is -0.0448. The van der Waals surface area contributed by atoms with Crippen molar-refractivity contribution < 1.29 is 4.79 Å². The Balaban J connectivity index is 2.28. The van der Waals surface area contributed by atoms with Gasteiger partial charge in [0.05, 0.1) is 17.8 Å². The first-order valence-corrected chi connectivity index (χ1v) is 4.30. The fourth-order valence-corrected chi connectivity index (χ4v) is 1.28. The fourth-order valence-electron chi connectivity index (χ4n) is 1.28. The van der Waals surface area contributed by atoms with Crippen LogP contribution in [0.15, 0.2) is 29.6 Å². The van der Waals surface area contributed by atoms with Gasteiger partial charge in [0.2, 0.25) is 0 Å². The predicted molar refractivity (Wildman–Crippen MR) is 52.8 cm³/mol. The molecule has 1 aliphatic rings. The minimum absolute atomic E-state index is 0.0448. The van der Waals surface area contributed by atoms with Gasteiger partial charge in [-0.1, -0.05) is 0 Å². The van der Waals surface area contributed by atoms with Crippen LogP contribution in [0.5, 0.6) is 0 Å².